The van der Waals surface area contributed by atoms with E-state index in [1.54, 1.807) is 0 Å². The van der Waals surface area contributed by atoms with E-state index in [2.05, 4.69) is 4.74 Å². The highest BCUT2D eigenvalue weighted by atomic mass is 19.4. The number of ether oxygens (including phenoxy) is 2. The predicted molar refractivity (Wildman–Crippen MR) is 66.7 cm³/mol. The van der Waals surface area contributed by atoms with Crippen LogP contribution in [0.5, 0.6) is 23.0 Å². The Hall–Kier alpha value is -2.70. The van der Waals surface area contributed by atoms with Crippen molar-refractivity contribution in [3.05, 3.63) is 48.0 Å². The van der Waals surface area contributed by atoms with Crippen LogP contribution < -0.4 is 9.47 Å². The largest absolute Gasteiger partial charge is 0.573 e. The number of aldehydes is 1. The van der Waals surface area contributed by atoms with Gasteiger partial charge in [-0.2, -0.15) is 0 Å². The molecule has 0 saturated carbocycles. The summed E-state index contributed by atoms with van der Waals surface area (Å²) in [7, 11) is 0. The van der Waals surface area contributed by atoms with Crippen molar-refractivity contribution in [1.29, 1.82) is 0 Å². The molecule has 0 atom stereocenters. The second-order valence-corrected chi connectivity index (χ2v) is 3.96. The molecule has 0 radical (unpaired) electrons. The minimum Gasteiger partial charge on any atom is -0.507 e. The first-order chi connectivity index (χ1) is 9.87. The maximum Gasteiger partial charge on any atom is 0.573 e. The Morgan fingerprint density at radius 2 is 1.52 bits per heavy atom. The zero-order valence-electron chi connectivity index (χ0n) is 10.4. The van der Waals surface area contributed by atoms with Gasteiger partial charge in [0.1, 0.15) is 23.0 Å². The normalized spacial score (nSPS) is 11.0. The lowest BCUT2D eigenvalue weighted by molar-refractivity contribution is -0.274. The van der Waals surface area contributed by atoms with Crippen LogP contribution in [0.4, 0.5) is 13.2 Å². The van der Waals surface area contributed by atoms with Gasteiger partial charge in [-0.05, 0) is 42.5 Å². The van der Waals surface area contributed by atoms with Gasteiger partial charge in [-0.25, -0.2) is 0 Å². The molecule has 0 amide bonds. The van der Waals surface area contributed by atoms with Crippen molar-refractivity contribution >= 4 is 6.29 Å². The number of phenolic OH excluding ortho intramolecular Hbond substituents is 1. The molecule has 0 aromatic heterocycles. The Labute approximate surface area is 117 Å². The number of phenols is 1. The fourth-order valence-electron chi connectivity index (χ4n) is 1.54. The summed E-state index contributed by atoms with van der Waals surface area (Å²) < 4.78 is 45.1. The number of halogens is 3. The summed E-state index contributed by atoms with van der Waals surface area (Å²) in [6.45, 7) is 0. The van der Waals surface area contributed by atoms with Gasteiger partial charge in [0.15, 0.2) is 6.29 Å². The van der Waals surface area contributed by atoms with Crippen LogP contribution in [0.1, 0.15) is 10.4 Å². The smallest absolute Gasteiger partial charge is 0.507 e. The van der Waals surface area contributed by atoms with Gasteiger partial charge in [-0.1, -0.05) is 0 Å². The highest BCUT2D eigenvalue weighted by Crippen LogP contribution is 2.29. The van der Waals surface area contributed by atoms with Gasteiger partial charge in [0, 0.05) is 0 Å². The van der Waals surface area contributed by atoms with Gasteiger partial charge in [0.05, 0.1) is 5.56 Å². The Kier molecular flexibility index (Phi) is 4.02. The lowest BCUT2D eigenvalue weighted by atomic mass is 10.2. The number of rotatable bonds is 4. The first kappa shape index (κ1) is 14.7. The maximum atomic E-state index is 12.0. The van der Waals surface area contributed by atoms with Crippen LogP contribution in [0.15, 0.2) is 42.5 Å². The molecular formula is C14H9F3O4. The number of benzene rings is 2. The average molecular weight is 298 g/mol. The first-order valence-electron chi connectivity index (χ1n) is 5.69. The van der Waals surface area contributed by atoms with Gasteiger partial charge in [-0.3, -0.25) is 4.79 Å². The fraction of sp³-hybridized carbons (Fsp3) is 0.0714. The zero-order valence-corrected chi connectivity index (χ0v) is 10.4. The molecule has 2 aromatic rings. The summed E-state index contributed by atoms with van der Waals surface area (Å²) in [5.41, 5.74) is 0.0459. The van der Waals surface area contributed by atoms with Crippen LogP contribution in [-0.2, 0) is 0 Å². The van der Waals surface area contributed by atoms with Crippen molar-refractivity contribution in [2.75, 3.05) is 0 Å². The third-order valence-corrected chi connectivity index (χ3v) is 2.42. The summed E-state index contributed by atoms with van der Waals surface area (Å²) in [6, 6.07) is 8.78. The van der Waals surface area contributed by atoms with Gasteiger partial charge in [0.2, 0.25) is 0 Å². The molecule has 110 valence electrons. The molecule has 2 aromatic carbocycles. The number of aromatic hydroxyl groups is 1. The summed E-state index contributed by atoms with van der Waals surface area (Å²) in [6.07, 6.45) is -4.29. The highest BCUT2D eigenvalue weighted by molar-refractivity contribution is 5.79. The highest BCUT2D eigenvalue weighted by Gasteiger charge is 2.30. The molecule has 1 N–H and O–H groups in total. The average Bonchev–Trinajstić information content (AvgIpc) is 2.41. The molecule has 0 fully saturated rings. The maximum absolute atomic E-state index is 12.0. The van der Waals surface area contributed by atoms with Crippen molar-refractivity contribution in [3.63, 3.8) is 0 Å². The first-order valence-corrected chi connectivity index (χ1v) is 5.69. The standard InChI is InChI=1S/C14H9F3O4/c15-14(16,17)21-11-3-1-10(2-4-11)20-12-5-6-13(19)9(7-12)8-18/h1-8,19H. The molecule has 7 heteroatoms. The molecule has 0 aliphatic carbocycles. The fourth-order valence-corrected chi connectivity index (χ4v) is 1.54. The Bertz CT molecular complexity index is 636. The third-order valence-electron chi connectivity index (χ3n) is 2.42. The van der Waals surface area contributed by atoms with E-state index in [1.807, 2.05) is 0 Å². The lowest BCUT2D eigenvalue weighted by Crippen LogP contribution is -2.16. The van der Waals surface area contributed by atoms with Crippen molar-refractivity contribution in [2.45, 2.75) is 6.36 Å². The van der Waals surface area contributed by atoms with Crippen LogP contribution in [0.3, 0.4) is 0 Å². The Balaban J connectivity index is 2.11. The summed E-state index contributed by atoms with van der Waals surface area (Å²) >= 11 is 0. The number of carbonyl (C=O) groups excluding carboxylic acids is 1. The zero-order chi connectivity index (χ0) is 15.5. The van der Waals surface area contributed by atoms with Crippen molar-refractivity contribution in [2.24, 2.45) is 0 Å². The topological polar surface area (TPSA) is 55.8 Å². The molecule has 0 unspecified atom stereocenters. The van der Waals surface area contributed by atoms with Crippen LogP contribution in [-0.4, -0.2) is 17.8 Å². The molecule has 21 heavy (non-hydrogen) atoms. The van der Waals surface area contributed by atoms with Crippen molar-refractivity contribution in [1.82, 2.24) is 0 Å². The van der Waals surface area contributed by atoms with Crippen LogP contribution in [0.25, 0.3) is 0 Å². The second kappa shape index (κ2) is 5.74. The van der Waals surface area contributed by atoms with E-state index < -0.39 is 6.36 Å². The molecule has 4 nitrogen and oxygen atoms in total. The van der Waals surface area contributed by atoms with E-state index in [4.69, 9.17) is 4.74 Å². The number of alkyl halides is 3. The number of carbonyl (C=O) groups is 1. The predicted octanol–water partition coefficient (Wildman–Crippen LogP) is 3.90. The molecule has 0 bridgehead atoms. The summed E-state index contributed by atoms with van der Waals surface area (Å²) in [4.78, 5) is 10.7. The monoisotopic (exact) mass is 298 g/mol. The quantitative estimate of drug-likeness (QED) is 0.870. The molecule has 0 aliphatic rings. The molecule has 0 heterocycles. The molecule has 2 rings (SSSR count). The van der Waals surface area contributed by atoms with E-state index in [-0.39, 0.29) is 28.6 Å². The molecule has 0 saturated heterocycles. The minimum absolute atomic E-state index is 0.0459. The Morgan fingerprint density at radius 1 is 0.952 bits per heavy atom. The van der Waals surface area contributed by atoms with E-state index in [9.17, 15) is 23.1 Å². The van der Waals surface area contributed by atoms with Crippen LogP contribution >= 0.6 is 0 Å². The van der Waals surface area contributed by atoms with E-state index in [0.29, 0.717) is 6.29 Å². The van der Waals surface area contributed by atoms with Crippen LogP contribution in [0, 0.1) is 0 Å². The minimum atomic E-state index is -4.75. The van der Waals surface area contributed by atoms with E-state index in [1.165, 1.54) is 30.3 Å². The SMILES string of the molecule is O=Cc1cc(Oc2ccc(OC(F)(F)F)cc2)ccc1O. The third kappa shape index (κ3) is 4.13. The molecule has 0 aliphatic heterocycles. The van der Waals surface area contributed by atoms with E-state index in [0.717, 1.165) is 12.1 Å². The van der Waals surface area contributed by atoms with Crippen molar-refractivity contribution in [3.8, 4) is 23.0 Å². The Morgan fingerprint density at radius 3 is 2.10 bits per heavy atom. The van der Waals surface area contributed by atoms with E-state index >= 15 is 0 Å². The van der Waals surface area contributed by atoms with Crippen LogP contribution in [0.2, 0.25) is 0 Å². The number of hydrogen-bond donors (Lipinski definition) is 1. The van der Waals surface area contributed by atoms with Gasteiger partial charge < -0.3 is 14.6 Å². The second-order valence-electron chi connectivity index (χ2n) is 3.96. The molecule has 0 spiro atoms. The van der Waals surface area contributed by atoms with Crippen molar-refractivity contribution < 1.29 is 32.5 Å². The van der Waals surface area contributed by atoms with Gasteiger partial charge in [-0.15, -0.1) is 13.2 Å². The molecular weight excluding hydrogens is 289 g/mol. The van der Waals surface area contributed by atoms with Gasteiger partial charge >= 0.3 is 6.36 Å². The lowest BCUT2D eigenvalue weighted by Gasteiger charge is -2.10. The summed E-state index contributed by atoms with van der Waals surface area (Å²) in [5.74, 6) is -0.0353. The summed E-state index contributed by atoms with van der Waals surface area (Å²) in [5, 5.41) is 9.34. The van der Waals surface area contributed by atoms with Gasteiger partial charge in [0.25, 0.3) is 0 Å². The number of hydrogen-bond acceptors (Lipinski definition) is 4.